The van der Waals surface area contributed by atoms with Crippen LogP contribution in [0.15, 0.2) is 30.3 Å². The van der Waals surface area contributed by atoms with E-state index < -0.39 is 5.97 Å². The van der Waals surface area contributed by atoms with Crippen LogP contribution in [0.5, 0.6) is 0 Å². The molecule has 1 aromatic carbocycles. The fraction of sp³-hybridized carbons (Fsp3) is 0.375. The SMILES string of the molecule is CC(C)N(C)CCNc1cc(C(=O)O)nc2ccccc12. The quantitative estimate of drug-likeness (QED) is 0.855. The van der Waals surface area contributed by atoms with Crippen molar-refractivity contribution in [2.45, 2.75) is 19.9 Å². The van der Waals surface area contributed by atoms with Gasteiger partial charge in [0.2, 0.25) is 0 Å². The van der Waals surface area contributed by atoms with Crippen molar-refractivity contribution in [1.29, 1.82) is 0 Å². The molecule has 0 saturated carbocycles. The average molecular weight is 287 g/mol. The van der Waals surface area contributed by atoms with Crippen LogP contribution in [0.3, 0.4) is 0 Å². The van der Waals surface area contributed by atoms with Gasteiger partial charge in [-0.2, -0.15) is 0 Å². The van der Waals surface area contributed by atoms with Gasteiger partial charge in [0.05, 0.1) is 5.52 Å². The van der Waals surface area contributed by atoms with Gasteiger partial charge in [-0.3, -0.25) is 0 Å². The molecule has 21 heavy (non-hydrogen) atoms. The van der Waals surface area contributed by atoms with Gasteiger partial charge in [-0.05, 0) is 33.0 Å². The number of benzene rings is 1. The Morgan fingerprint density at radius 2 is 2.10 bits per heavy atom. The van der Waals surface area contributed by atoms with Gasteiger partial charge >= 0.3 is 5.97 Å². The van der Waals surface area contributed by atoms with Crippen LogP contribution >= 0.6 is 0 Å². The van der Waals surface area contributed by atoms with Crippen molar-refractivity contribution < 1.29 is 9.90 Å². The van der Waals surface area contributed by atoms with E-state index in [2.05, 4.69) is 36.1 Å². The molecule has 5 nitrogen and oxygen atoms in total. The highest BCUT2D eigenvalue weighted by atomic mass is 16.4. The summed E-state index contributed by atoms with van der Waals surface area (Å²) in [5.74, 6) is -1.01. The van der Waals surface area contributed by atoms with Crippen molar-refractivity contribution in [3.63, 3.8) is 0 Å². The predicted molar refractivity (Wildman–Crippen MR) is 85.0 cm³/mol. The van der Waals surface area contributed by atoms with Gasteiger partial charge in [0.15, 0.2) is 5.69 Å². The fourth-order valence-electron chi connectivity index (χ4n) is 2.06. The molecule has 0 atom stereocenters. The Balaban J connectivity index is 2.23. The van der Waals surface area contributed by atoms with Gasteiger partial charge in [-0.1, -0.05) is 18.2 Å². The van der Waals surface area contributed by atoms with Crippen LogP contribution in [-0.4, -0.2) is 47.1 Å². The number of nitrogens with zero attached hydrogens (tertiary/aromatic N) is 2. The van der Waals surface area contributed by atoms with E-state index in [1.54, 1.807) is 6.07 Å². The number of nitrogens with one attached hydrogen (secondary N) is 1. The number of carbonyl (C=O) groups is 1. The number of hydrogen-bond donors (Lipinski definition) is 2. The number of fused-ring (bicyclic) bond motifs is 1. The first kappa shape index (κ1) is 15.3. The molecule has 1 aromatic heterocycles. The highest BCUT2D eigenvalue weighted by molar-refractivity contribution is 5.97. The highest BCUT2D eigenvalue weighted by Crippen LogP contribution is 2.23. The third-order valence-electron chi connectivity index (χ3n) is 3.60. The highest BCUT2D eigenvalue weighted by Gasteiger charge is 2.10. The summed E-state index contributed by atoms with van der Waals surface area (Å²) in [5, 5.41) is 13.4. The lowest BCUT2D eigenvalue weighted by Gasteiger charge is -2.21. The molecular formula is C16H21N3O2. The van der Waals surface area contributed by atoms with E-state index in [0.717, 1.165) is 24.2 Å². The molecule has 0 aliphatic rings. The van der Waals surface area contributed by atoms with Crippen LogP contribution < -0.4 is 5.32 Å². The molecular weight excluding hydrogens is 266 g/mol. The molecule has 0 aliphatic heterocycles. The van der Waals surface area contributed by atoms with E-state index in [1.165, 1.54) is 0 Å². The third kappa shape index (κ3) is 3.70. The predicted octanol–water partition coefficient (Wildman–Crippen LogP) is 2.69. The van der Waals surface area contributed by atoms with Crippen molar-refractivity contribution in [2.75, 3.05) is 25.5 Å². The second-order valence-corrected chi connectivity index (χ2v) is 5.38. The van der Waals surface area contributed by atoms with E-state index in [9.17, 15) is 4.79 Å². The molecule has 2 rings (SSSR count). The number of carboxylic acids is 1. The largest absolute Gasteiger partial charge is 0.477 e. The van der Waals surface area contributed by atoms with E-state index in [-0.39, 0.29) is 5.69 Å². The lowest BCUT2D eigenvalue weighted by molar-refractivity contribution is 0.0691. The lowest BCUT2D eigenvalue weighted by atomic mass is 10.1. The first-order chi connectivity index (χ1) is 9.99. The summed E-state index contributed by atoms with van der Waals surface area (Å²) in [7, 11) is 2.07. The second kappa shape index (κ2) is 6.54. The molecule has 0 fully saturated rings. The van der Waals surface area contributed by atoms with E-state index >= 15 is 0 Å². The van der Waals surface area contributed by atoms with Crippen molar-refractivity contribution >= 4 is 22.6 Å². The average Bonchev–Trinajstić information content (AvgIpc) is 2.46. The topological polar surface area (TPSA) is 65.5 Å². The molecule has 0 amide bonds. The Bertz CT molecular complexity index is 640. The molecule has 2 aromatic rings. The number of para-hydroxylation sites is 1. The zero-order valence-electron chi connectivity index (χ0n) is 12.6. The van der Waals surface area contributed by atoms with Gasteiger partial charge in [0.25, 0.3) is 0 Å². The van der Waals surface area contributed by atoms with Crippen molar-refractivity contribution in [3.05, 3.63) is 36.0 Å². The van der Waals surface area contributed by atoms with Crippen molar-refractivity contribution in [1.82, 2.24) is 9.88 Å². The number of aromatic carboxylic acids is 1. The number of anilines is 1. The Morgan fingerprint density at radius 3 is 2.76 bits per heavy atom. The van der Waals surface area contributed by atoms with Gasteiger partial charge in [0.1, 0.15) is 0 Å². The maximum Gasteiger partial charge on any atom is 0.354 e. The zero-order chi connectivity index (χ0) is 15.4. The summed E-state index contributed by atoms with van der Waals surface area (Å²) in [6.45, 7) is 5.92. The number of likely N-dealkylation sites (N-methyl/N-ethyl adjacent to an activating group) is 1. The summed E-state index contributed by atoms with van der Waals surface area (Å²) < 4.78 is 0. The van der Waals surface area contributed by atoms with Crippen molar-refractivity contribution in [3.8, 4) is 0 Å². The molecule has 0 aliphatic carbocycles. The molecule has 1 heterocycles. The van der Waals surface area contributed by atoms with Gasteiger partial charge in [0, 0.05) is 30.2 Å². The molecule has 5 heteroatoms. The Labute approximate surface area is 124 Å². The van der Waals surface area contributed by atoms with Gasteiger partial charge < -0.3 is 15.3 Å². The first-order valence-corrected chi connectivity index (χ1v) is 7.06. The number of carboxylic acid groups (broad SMARTS) is 1. The second-order valence-electron chi connectivity index (χ2n) is 5.38. The lowest BCUT2D eigenvalue weighted by Crippen LogP contribution is -2.31. The number of aromatic nitrogens is 1. The van der Waals surface area contributed by atoms with Crippen LogP contribution in [0.2, 0.25) is 0 Å². The number of hydrogen-bond acceptors (Lipinski definition) is 4. The molecule has 112 valence electrons. The third-order valence-corrected chi connectivity index (χ3v) is 3.60. The molecule has 0 saturated heterocycles. The normalized spacial score (nSPS) is 11.3. The molecule has 0 spiro atoms. The minimum Gasteiger partial charge on any atom is -0.477 e. The summed E-state index contributed by atoms with van der Waals surface area (Å²) >= 11 is 0. The van der Waals surface area contributed by atoms with E-state index in [1.807, 2.05) is 24.3 Å². The van der Waals surface area contributed by atoms with Gasteiger partial charge in [-0.15, -0.1) is 0 Å². The fourth-order valence-corrected chi connectivity index (χ4v) is 2.06. The standard InChI is InChI=1S/C16H21N3O2/c1-11(2)19(3)9-8-17-14-10-15(16(20)21)18-13-7-5-4-6-12(13)14/h4-7,10-11H,8-9H2,1-3H3,(H,17,18)(H,20,21). The monoisotopic (exact) mass is 287 g/mol. The van der Waals surface area contributed by atoms with Crippen LogP contribution in [-0.2, 0) is 0 Å². The Hall–Kier alpha value is -2.14. The molecule has 0 bridgehead atoms. The maximum atomic E-state index is 11.2. The number of rotatable bonds is 6. The smallest absolute Gasteiger partial charge is 0.354 e. The van der Waals surface area contributed by atoms with Crippen LogP contribution in [0.4, 0.5) is 5.69 Å². The van der Waals surface area contributed by atoms with Crippen LogP contribution in [0, 0.1) is 0 Å². The van der Waals surface area contributed by atoms with Gasteiger partial charge in [-0.25, -0.2) is 9.78 Å². The van der Waals surface area contributed by atoms with Crippen LogP contribution in [0.1, 0.15) is 24.3 Å². The maximum absolute atomic E-state index is 11.2. The summed E-state index contributed by atoms with van der Waals surface area (Å²) in [5.41, 5.74) is 1.57. The Morgan fingerprint density at radius 1 is 1.38 bits per heavy atom. The van der Waals surface area contributed by atoms with Crippen molar-refractivity contribution in [2.24, 2.45) is 0 Å². The Kier molecular flexibility index (Phi) is 4.75. The molecule has 0 unspecified atom stereocenters. The molecule has 2 N–H and O–H groups in total. The van der Waals surface area contributed by atoms with E-state index in [0.29, 0.717) is 11.6 Å². The minimum atomic E-state index is -1.01. The zero-order valence-corrected chi connectivity index (χ0v) is 12.6. The summed E-state index contributed by atoms with van der Waals surface area (Å²) in [4.78, 5) is 17.6. The van der Waals surface area contributed by atoms with E-state index in [4.69, 9.17) is 5.11 Å². The number of pyridine rings is 1. The molecule has 0 radical (unpaired) electrons. The summed E-state index contributed by atoms with van der Waals surface area (Å²) in [6.07, 6.45) is 0. The minimum absolute atomic E-state index is 0.0633. The first-order valence-electron chi connectivity index (χ1n) is 7.06. The van der Waals surface area contributed by atoms with Crippen LogP contribution in [0.25, 0.3) is 10.9 Å². The summed E-state index contributed by atoms with van der Waals surface area (Å²) in [6, 6.07) is 9.64.